The van der Waals surface area contributed by atoms with Gasteiger partial charge in [-0.2, -0.15) is 4.37 Å². The Labute approximate surface area is 119 Å². The number of rotatable bonds is 3. The molecule has 3 aromatic heterocycles. The van der Waals surface area contributed by atoms with Gasteiger partial charge in [-0.1, -0.05) is 18.2 Å². The minimum absolute atomic E-state index is 0.645. The fourth-order valence-corrected chi connectivity index (χ4v) is 2.90. The predicted molar refractivity (Wildman–Crippen MR) is 79.9 cm³/mol. The maximum absolute atomic E-state index is 4.55. The highest BCUT2D eigenvalue weighted by Gasteiger charge is 2.11. The SMILES string of the molecule is c1ccc(CNc2nsc3nc4ccccc4n23)nc1. The number of fused-ring (bicyclic) bond motifs is 3. The van der Waals surface area contributed by atoms with Gasteiger partial charge in [-0.3, -0.25) is 9.38 Å². The van der Waals surface area contributed by atoms with Crippen molar-refractivity contribution in [3.63, 3.8) is 0 Å². The first-order chi connectivity index (χ1) is 9.92. The topological polar surface area (TPSA) is 55.1 Å². The number of hydrogen-bond acceptors (Lipinski definition) is 5. The van der Waals surface area contributed by atoms with Gasteiger partial charge in [0.25, 0.3) is 0 Å². The molecule has 4 rings (SSSR count). The number of aromatic nitrogens is 4. The predicted octanol–water partition coefficient (Wildman–Crippen LogP) is 2.95. The molecule has 0 amide bonds. The average Bonchev–Trinajstić information content (AvgIpc) is 3.05. The molecule has 20 heavy (non-hydrogen) atoms. The summed E-state index contributed by atoms with van der Waals surface area (Å²) in [6, 6.07) is 13.9. The molecular weight excluding hydrogens is 270 g/mol. The van der Waals surface area contributed by atoms with Crippen LogP contribution in [0.4, 0.5) is 5.95 Å². The van der Waals surface area contributed by atoms with Crippen LogP contribution in [0, 0.1) is 0 Å². The van der Waals surface area contributed by atoms with Crippen molar-refractivity contribution < 1.29 is 0 Å². The van der Waals surface area contributed by atoms with Crippen molar-refractivity contribution in [2.45, 2.75) is 6.54 Å². The zero-order chi connectivity index (χ0) is 13.4. The fraction of sp³-hybridized carbons (Fsp3) is 0.0714. The van der Waals surface area contributed by atoms with E-state index in [9.17, 15) is 0 Å². The van der Waals surface area contributed by atoms with Gasteiger partial charge in [-0.15, -0.1) is 0 Å². The van der Waals surface area contributed by atoms with Crippen molar-refractivity contribution in [3.8, 4) is 0 Å². The molecule has 5 nitrogen and oxygen atoms in total. The lowest BCUT2D eigenvalue weighted by atomic mass is 10.3. The minimum atomic E-state index is 0.645. The number of hydrogen-bond donors (Lipinski definition) is 1. The molecule has 0 saturated heterocycles. The van der Waals surface area contributed by atoms with Gasteiger partial charge < -0.3 is 5.32 Å². The monoisotopic (exact) mass is 281 g/mol. The van der Waals surface area contributed by atoms with Gasteiger partial charge in [0, 0.05) is 17.7 Å². The van der Waals surface area contributed by atoms with Crippen molar-refractivity contribution in [2.75, 3.05) is 5.32 Å². The van der Waals surface area contributed by atoms with E-state index in [1.54, 1.807) is 6.20 Å². The molecule has 3 heterocycles. The maximum Gasteiger partial charge on any atom is 0.221 e. The van der Waals surface area contributed by atoms with E-state index < -0.39 is 0 Å². The summed E-state index contributed by atoms with van der Waals surface area (Å²) in [7, 11) is 0. The molecule has 98 valence electrons. The first-order valence-corrected chi connectivity index (χ1v) is 7.06. The molecule has 0 aliphatic rings. The van der Waals surface area contributed by atoms with Gasteiger partial charge in [0.05, 0.1) is 23.3 Å². The smallest absolute Gasteiger partial charge is 0.221 e. The van der Waals surface area contributed by atoms with Crippen molar-refractivity contribution >= 4 is 33.5 Å². The van der Waals surface area contributed by atoms with Gasteiger partial charge in [-0.05, 0) is 24.3 Å². The number of pyridine rings is 1. The number of para-hydroxylation sites is 2. The largest absolute Gasteiger partial charge is 0.349 e. The number of imidazole rings is 1. The summed E-state index contributed by atoms with van der Waals surface area (Å²) in [5.74, 6) is 0.810. The van der Waals surface area contributed by atoms with E-state index in [-0.39, 0.29) is 0 Å². The molecule has 0 unspecified atom stereocenters. The fourth-order valence-electron chi connectivity index (χ4n) is 2.18. The molecule has 0 aliphatic carbocycles. The second-order valence-corrected chi connectivity index (χ2v) is 5.13. The first-order valence-electron chi connectivity index (χ1n) is 6.28. The Morgan fingerprint density at radius 3 is 2.90 bits per heavy atom. The Morgan fingerprint density at radius 1 is 1.10 bits per heavy atom. The van der Waals surface area contributed by atoms with Crippen LogP contribution in [-0.2, 0) is 6.54 Å². The van der Waals surface area contributed by atoms with Gasteiger partial charge >= 0.3 is 0 Å². The van der Waals surface area contributed by atoms with Gasteiger partial charge in [0.2, 0.25) is 10.9 Å². The molecule has 1 N–H and O–H groups in total. The highest BCUT2D eigenvalue weighted by atomic mass is 32.1. The molecule has 0 saturated carbocycles. The third kappa shape index (κ3) is 1.81. The summed E-state index contributed by atoms with van der Waals surface area (Å²) in [4.78, 5) is 9.75. The Morgan fingerprint density at radius 2 is 2.00 bits per heavy atom. The van der Waals surface area contributed by atoms with E-state index in [2.05, 4.69) is 25.7 Å². The van der Waals surface area contributed by atoms with Crippen LogP contribution in [0.5, 0.6) is 0 Å². The summed E-state index contributed by atoms with van der Waals surface area (Å²) in [6.45, 7) is 0.645. The molecule has 0 bridgehead atoms. The molecule has 0 spiro atoms. The van der Waals surface area contributed by atoms with Crippen molar-refractivity contribution in [2.24, 2.45) is 0 Å². The van der Waals surface area contributed by atoms with Crippen LogP contribution in [0.3, 0.4) is 0 Å². The van der Waals surface area contributed by atoms with E-state index in [0.717, 1.165) is 27.6 Å². The Balaban J connectivity index is 1.73. The van der Waals surface area contributed by atoms with Crippen LogP contribution in [0.1, 0.15) is 5.69 Å². The van der Waals surface area contributed by atoms with Gasteiger partial charge in [0.15, 0.2) is 0 Å². The van der Waals surface area contributed by atoms with Gasteiger partial charge in [-0.25, -0.2) is 4.98 Å². The number of anilines is 1. The highest BCUT2D eigenvalue weighted by Crippen LogP contribution is 2.23. The van der Waals surface area contributed by atoms with E-state index in [1.165, 1.54) is 11.5 Å². The van der Waals surface area contributed by atoms with E-state index in [4.69, 9.17) is 0 Å². The van der Waals surface area contributed by atoms with Crippen molar-refractivity contribution in [3.05, 3.63) is 54.4 Å². The van der Waals surface area contributed by atoms with Crippen molar-refractivity contribution in [1.82, 2.24) is 18.7 Å². The molecule has 4 aromatic rings. The van der Waals surface area contributed by atoms with Crippen LogP contribution in [-0.4, -0.2) is 18.7 Å². The summed E-state index contributed by atoms with van der Waals surface area (Å²) < 4.78 is 6.47. The lowest BCUT2D eigenvalue weighted by Crippen LogP contribution is -2.04. The molecule has 0 fully saturated rings. The summed E-state index contributed by atoms with van der Waals surface area (Å²) in [5.41, 5.74) is 3.04. The maximum atomic E-state index is 4.55. The summed E-state index contributed by atoms with van der Waals surface area (Å²) in [5, 5.41) is 3.32. The zero-order valence-corrected chi connectivity index (χ0v) is 11.3. The number of nitrogens with zero attached hydrogens (tertiary/aromatic N) is 4. The molecular formula is C14H11N5S. The Hall–Kier alpha value is -2.47. The molecule has 0 radical (unpaired) electrons. The van der Waals surface area contributed by atoms with E-state index in [0.29, 0.717) is 6.54 Å². The van der Waals surface area contributed by atoms with E-state index >= 15 is 0 Å². The number of nitrogens with one attached hydrogen (secondary N) is 1. The molecule has 0 atom stereocenters. The zero-order valence-electron chi connectivity index (χ0n) is 10.5. The second kappa shape index (κ2) is 4.57. The van der Waals surface area contributed by atoms with Crippen LogP contribution >= 0.6 is 11.5 Å². The van der Waals surface area contributed by atoms with Crippen molar-refractivity contribution in [1.29, 1.82) is 0 Å². The van der Waals surface area contributed by atoms with E-state index in [1.807, 2.05) is 40.8 Å². The normalized spacial score (nSPS) is 11.2. The third-order valence-corrected chi connectivity index (χ3v) is 3.81. The first kappa shape index (κ1) is 11.4. The summed E-state index contributed by atoms with van der Waals surface area (Å²) >= 11 is 1.39. The standard InChI is InChI=1S/C14H11N5S/c1-2-7-12-11(6-1)17-14-19(12)13(18-20-14)16-9-10-5-3-4-8-15-10/h1-8H,9H2,(H,16,18). The molecule has 6 heteroatoms. The Kier molecular flexibility index (Phi) is 2.60. The summed E-state index contributed by atoms with van der Waals surface area (Å²) in [6.07, 6.45) is 1.79. The molecule has 1 aromatic carbocycles. The minimum Gasteiger partial charge on any atom is -0.349 e. The van der Waals surface area contributed by atoms with Gasteiger partial charge in [0.1, 0.15) is 0 Å². The van der Waals surface area contributed by atoms with Crippen LogP contribution < -0.4 is 5.32 Å². The Bertz CT molecular complexity index is 865. The quantitative estimate of drug-likeness (QED) is 0.627. The van der Waals surface area contributed by atoms with Crippen LogP contribution in [0.15, 0.2) is 48.7 Å². The van der Waals surface area contributed by atoms with Crippen LogP contribution in [0.2, 0.25) is 0 Å². The second-order valence-electron chi connectivity index (χ2n) is 4.40. The lowest BCUT2D eigenvalue weighted by Gasteiger charge is -2.03. The third-order valence-electron chi connectivity index (χ3n) is 3.11. The molecule has 0 aliphatic heterocycles. The average molecular weight is 281 g/mol. The number of benzene rings is 1. The van der Waals surface area contributed by atoms with Crippen LogP contribution in [0.25, 0.3) is 16.0 Å². The highest BCUT2D eigenvalue weighted by molar-refractivity contribution is 7.11. The lowest BCUT2D eigenvalue weighted by molar-refractivity contribution is 1.01.